The summed E-state index contributed by atoms with van der Waals surface area (Å²) < 4.78 is 0. The van der Waals surface area contributed by atoms with Crippen LogP contribution in [0, 0.1) is 0 Å². The van der Waals surface area contributed by atoms with E-state index in [0.29, 0.717) is 6.54 Å². The molecule has 0 heterocycles. The molecule has 1 unspecified atom stereocenters. The van der Waals surface area contributed by atoms with Crippen LogP contribution in [-0.4, -0.2) is 13.1 Å². The van der Waals surface area contributed by atoms with Crippen LogP contribution in [0.2, 0.25) is 0 Å². The van der Waals surface area contributed by atoms with Gasteiger partial charge in [-0.1, -0.05) is 36.4 Å². The van der Waals surface area contributed by atoms with E-state index in [1.165, 1.54) is 24.0 Å². The van der Waals surface area contributed by atoms with Gasteiger partial charge in [0.15, 0.2) is 0 Å². The minimum absolute atomic E-state index is 0.281. The highest BCUT2D eigenvalue weighted by atomic mass is 14.9. The normalized spacial score (nSPS) is 17.2. The molecule has 0 aromatic heterocycles. The van der Waals surface area contributed by atoms with Crippen molar-refractivity contribution in [3.05, 3.63) is 47.5 Å². The van der Waals surface area contributed by atoms with Gasteiger partial charge in [0.25, 0.3) is 0 Å². The summed E-state index contributed by atoms with van der Waals surface area (Å²) in [5, 5.41) is 3.51. The van der Waals surface area contributed by atoms with E-state index in [1.54, 1.807) is 0 Å². The van der Waals surface area contributed by atoms with Crippen molar-refractivity contribution in [1.29, 1.82) is 0 Å². The zero-order chi connectivity index (χ0) is 12.8. The quantitative estimate of drug-likeness (QED) is 0.571. The van der Waals surface area contributed by atoms with Gasteiger partial charge in [-0.05, 0) is 49.8 Å². The third-order valence-corrected chi connectivity index (χ3v) is 3.56. The summed E-state index contributed by atoms with van der Waals surface area (Å²) in [6, 6.07) is 9.28. The second-order valence-electron chi connectivity index (χ2n) is 5.04. The molecule has 98 valence electrons. The lowest BCUT2D eigenvalue weighted by molar-refractivity contribution is 0.548. The molecule has 1 saturated carbocycles. The number of hydrogen-bond acceptors (Lipinski definition) is 2. The van der Waals surface area contributed by atoms with E-state index in [4.69, 9.17) is 5.73 Å². The Balaban J connectivity index is 1.89. The molecule has 0 amide bonds. The van der Waals surface area contributed by atoms with Crippen LogP contribution in [0.25, 0.3) is 0 Å². The maximum atomic E-state index is 5.85. The predicted octanol–water partition coefficient (Wildman–Crippen LogP) is 3.12. The Kier molecular flexibility index (Phi) is 4.97. The maximum absolute atomic E-state index is 5.85. The van der Waals surface area contributed by atoms with Gasteiger partial charge < -0.3 is 11.1 Å². The van der Waals surface area contributed by atoms with Crippen molar-refractivity contribution in [2.45, 2.75) is 38.1 Å². The van der Waals surface area contributed by atoms with E-state index in [-0.39, 0.29) is 6.04 Å². The van der Waals surface area contributed by atoms with E-state index in [2.05, 4.69) is 48.7 Å². The molecule has 0 aliphatic heterocycles. The fourth-order valence-electron chi connectivity index (χ4n) is 2.26. The average molecular weight is 244 g/mol. The van der Waals surface area contributed by atoms with Gasteiger partial charge in [0.05, 0.1) is 0 Å². The Morgan fingerprint density at radius 1 is 1.33 bits per heavy atom. The van der Waals surface area contributed by atoms with Gasteiger partial charge in [-0.2, -0.15) is 0 Å². The van der Waals surface area contributed by atoms with E-state index in [0.717, 1.165) is 18.9 Å². The Morgan fingerprint density at radius 3 is 2.61 bits per heavy atom. The van der Waals surface area contributed by atoms with Crippen LogP contribution >= 0.6 is 0 Å². The molecular weight excluding hydrogens is 220 g/mol. The minimum Gasteiger partial charge on any atom is -0.329 e. The minimum atomic E-state index is 0.281. The van der Waals surface area contributed by atoms with E-state index in [1.807, 2.05) is 0 Å². The van der Waals surface area contributed by atoms with Gasteiger partial charge in [-0.3, -0.25) is 0 Å². The van der Waals surface area contributed by atoms with Gasteiger partial charge in [0.2, 0.25) is 0 Å². The number of hydrogen-bond donors (Lipinski definition) is 2. The molecule has 1 aromatic carbocycles. The largest absolute Gasteiger partial charge is 0.329 e. The number of nitrogens with two attached hydrogens (primary N) is 1. The molecule has 1 aliphatic rings. The topological polar surface area (TPSA) is 38.0 Å². The van der Waals surface area contributed by atoms with Crippen molar-refractivity contribution in [1.82, 2.24) is 5.32 Å². The van der Waals surface area contributed by atoms with Gasteiger partial charge in [-0.15, -0.1) is 0 Å². The summed E-state index contributed by atoms with van der Waals surface area (Å²) in [6.45, 7) is 3.69. The SMILES string of the molecule is C/C=C/CCNC(CN)c1ccc(C2CC2)cc1. The Morgan fingerprint density at radius 2 is 2.06 bits per heavy atom. The summed E-state index contributed by atoms with van der Waals surface area (Å²) in [5.41, 5.74) is 8.65. The standard InChI is InChI=1S/C16H24N2/c1-2-3-4-11-18-16(12-17)15-9-7-14(8-10-15)13-5-6-13/h2-3,7-10,13,16,18H,4-6,11-12,17H2,1H3/b3-2+. The van der Waals surface area contributed by atoms with Gasteiger partial charge in [0.1, 0.15) is 0 Å². The average Bonchev–Trinajstić information content (AvgIpc) is 3.24. The third-order valence-electron chi connectivity index (χ3n) is 3.56. The van der Waals surface area contributed by atoms with Crippen molar-refractivity contribution in [2.24, 2.45) is 5.73 Å². The molecular formula is C16H24N2. The van der Waals surface area contributed by atoms with Crippen LogP contribution in [0.1, 0.15) is 49.3 Å². The molecule has 1 aliphatic carbocycles. The highest BCUT2D eigenvalue weighted by Crippen LogP contribution is 2.40. The van der Waals surface area contributed by atoms with Gasteiger partial charge in [0, 0.05) is 12.6 Å². The van der Waals surface area contributed by atoms with Crippen molar-refractivity contribution in [2.75, 3.05) is 13.1 Å². The van der Waals surface area contributed by atoms with Crippen LogP contribution in [0.4, 0.5) is 0 Å². The first kappa shape index (κ1) is 13.3. The number of rotatable bonds is 7. The molecule has 0 radical (unpaired) electrons. The fraction of sp³-hybridized carbons (Fsp3) is 0.500. The van der Waals surface area contributed by atoms with Gasteiger partial charge >= 0.3 is 0 Å². The zero-order valence-electron chi connectivity index (χ0n) is 11.2. The summed E-state index contributed by atoms with van der Waals surface area (Å²) in [6.07, 6.45) is 8.05. The molecule has 0 spiro atoms. The summed E-state index contributed by atoms with van der Waals surface area (Å²) >= 11 is 0. The zero-order valence-corrected chi connectivity index (χ0v) is 11.2. The first-order valence-electron chi connectivity index (χ1n) is 6.99. The summed E-state index contributed by atoms with van der Waals surface area (Å²) in [7, 11) is 0. The van der Waals surface area contributed by atoms with E-state index in [9.17, 15) is 0 Å². The molecule has 18 heavy (non-hydrogen) atoms. The highest BCUT2D eigenvalue weighted by molar-refractivity contribution is 5.29. The fourth-order valence-corrected chi connectivity index (χ4v) is 2.26. The lowest BCUT2D eigenvalue weighted by atomic mass is 10.0. The number of benzene rings is 1. The molecule has 1 atom stereocenters. The number of allylic oxidation sites excluding steroid dienone is 1. The van der Waals surface area contributed by atoms with E-state index >= 15 is 0 Å². The first-order chi connectivity index (χ1) is 8.85. The lowest BCUT2D eigenvalue weighted by Gasteiger charge is -2.17. The van der Waals surface area contributed by atoms with Crippen molar-refractivity contribution >= 4 is 0 Å². The molecule has 1 aromatic rings. The molecule has 0 bridgehead atoms. The Labute approximate surface area is 110 Å². The van der Waals surface area contributed by atoms with Crippen LogP contribution in [-0.2, 0) is 0 Å². The molecule has 2 rings (SSSR count). The smallest absolute Gasteiger partial charge is 0.0444 e. The van der Waals surface area contributed by atoms with Crippen LogP contribution in [0.15, 0.2) is 36.4 Å². The maximum Gasteiger partial charge on any atom is 0.0444 e. The van der Waals surface area contributed by atoms with E-state index < -0.39 is 0 Å². The number of nitrogens with one attached hydrogen (secondary N) is 1. The summed E-state index contributed by atoms with van der Waals surface area (Å²) in [5.74, 6) is 0.832. The molecule has 1 fully saturated rings. The second kappa shape index (κ2) is 6.72. The molecule has 3 N–H and O–H groups in total. The van der Waals surface area contributed by atoms with Crippen molar-refractivity contribution in [3.63, 3.8) is 0 Å². The third kappa shape index (κ3) is 3.69. The van der Waals surface area contributed by atoms with Crippen LogP contribution < -0.4 is 11.1 Å². The molecule has 2 heteroatoms. The van der Waals surface area contributed by atoms with Crippen LogP contribution in [0.5, 0.6) is 0 Å². The van der Waals surface area contributed by atoms with Gasteiger partial charge in [-0.25, -0.2) is 0 Å². The Hall–Kier alpha value is -1.12. The molecule has 2 nitrogen and oxygen atoms in total. The first-order valence-corrected chi connectivity index (χ1v) is 6.99. The Bertz CT molecular complexity index is 377. The monoisotopic (exact) mass is 244 g/mol. The van der Waals surface area contributed by atoms with Crippen molar-refractivity contribution < 1.29 is 0 Å². The van der Waals surface area contributed by atoms with Crippen molar-refractivity contribution in [3.8, 4) is 0 Å². The van der Waals surface area contributed by atoms with Crippen LogP contribution in [0.3, 0.4) is 0 Å². The molecule has 0 saturated heterocycles. The predicted molar refractivity (Wildman–Crippen MR) is 77.6 cm³/mol. The summed E-state index contributed by atoms with van der Waals surface area (Å²) in [4.78, 5) is 0. The lowest BCUT2D eigenvalue weighted by Crippen LogP contribution is -2.28. The highest BCUT2D eigenvalue weighted by Gasteiger charge is 2.23. The second-order valence-corrected chi connectivity index (χ2v) is 5.04.